The Balaban J connectivity index is 2.90. The molecule has 0 rings (SSSR count). The zero-order valence-electron chi connectivity index (χ0n) is 10.8. The monoisotopic (exact) mass is 230 g/mol. The minimum Gasteiger partial charge on any atom is -0.481 e. The molecule has 96 valence electrons. The molecule has 0 aromatic heterocycles. The Morgan fingerprint density at radius 3 is 1.50 bits per heavy atom. The summed E-state index contributed by atoms with van der Waals surface area (Å²) in [4.78, 5) is 10.3. The molecule has 16 heavy (non-hydrogen) atoms. The Kier molecular flexibility index (Phi) is 12.1. The molecular formula is C14H28O2. The number of unbranched alkanes of at least 4 members (excludes halogenated alkanes) is 10. The van der Waals surface area contributed by atoms with E-state index >= 15 is 0 Å². The van der Waals surface area contributed by atoms with Crippen LogP contribution in [0.25, 0.3) is 0 Å². The molecule has 0 saturated heterocycles. The first-order valence-electron chi connectivity index (χ1n) is 6.99. The first-order valence-corrected chi connectivity index (χ1v) is 6.99. The van der Waals surface area contributed by atoms with Crippen molar-refractivity contribution >= 4 is 5.97 Å². The fraction of sp³-hybridized carbons (Fsp3) is 0.929. The van der Waals surface area contributed by atoms with Gasteiger partial charge in [-0.15, -0.1) is 0 Å². The van der Waals surface area contributed by atoms with Gasteiger partial charge in [-0.05, 0) is 6.42 Å². The topological polar surface area (TPSA) is 37.3 Å². The van der Waals surface area contributed by atoms with Crippen molar-refractivity contribution in [2.75, 3.05) is 0 Å². The maximum atomic E-state index is 10.3. The van der Waals surface area contributed by atoms with E-state index in [1.165, 1.54) is 57.8 Å². The zero-order valence-corrected chi connectivity index (χ0v) is 10.8. The molecule has 0 unspecified atom stereocenters. The van der Waals surface area contributed by atoms with E-state index in [9.17, 15) is 4.79 Å². The molecule has 0 atom stereocenters. The highest BCUT2D eigenvalue weighted by molar-refractivity contribution is 5.66. The maximum absolute atomic E-state index is 10.3. The van der Waals surface area contributed by atoms with E-state index in [2.05, 4.69) is 6.92 Å². The van der Waals surface area contributed by atoms with Crippen LogP contribution < -0.4 is 0 Å². The summed E-state index contributed by atoms with van der Waals surface area (Å²) in [6.45, 7) is 2.25. The summed E-state index contributed by atoms with van der Waals surface area (Å²) in [7, 11) is 0. The largest absolute Gasteiger partial charge is 0.481 e. The van der Waals surface area contributed by atoms with E-state index < -0.39 is 5.97 Å². The van der Waals surface area contributed by atoms with Crippen molar-refractivity contribution in [2.24, 2.45) is 0 Å². The average molecular weight is 230 g/mol. The fourth-order valence-electron chi connectivity index (χ4n) is 1.94. The van der Waals surface area contributed by atoms with Gasteiger partial charge in [0, 0.05) is 6.42 Å². The van der Waals surface area contributed by atoms with Gasteiger partial charge in [0.25, 0.3) is 0 Å². The van der Waals surface area contributed by atoms with Gasteiger partial charge in [-0.3, -0.25) is 4.79 Å². The third kappa shape index (κ3) is 13.5. The average Bonchev–Trinajstić information content (AvgIpc) is 2.25. The van der Waals surface area contributed by atoms with Gasteiger partial charge in [-0.25, -0.2) is 0 Å². The standard InChI is InChI=1S/C14H28O2/c1-2-3-4-5-6-7-8-9-10-11-12-13-14(15)16/h2-13H2,1H3,(H,15,16)/i13+1,14+1. The van der Waals surface area contributed by atoms with Crippen molar-refractivity contribution in [2.45, 2.75) is 84.0 Å². The molecule has 0 aromatic rings. The minimum absolute atomic E-state index is 0.344. The van der Waals surface area contributed by atoms with Crippen molar-refractivity contribution in [1.29, 1.82) is 0 Å². The molecule has 0 saturated carbocycles. The molecule has 0 amide bonds. The lowest BCUT2D eigenvalue weighted by atomic mass is 10.1. The van der Waals surface area contributed by atoms with Gasteiger partial charge in [-0.2, -0.15) is 0 Å². The summed E-state index contributed by atoms with van der Waals surface area (Å²) in [6, 6.07) is 0. The summed E-state index contributed by atoms with van der Waals surface area (Å²) < 4.78 is 0. The Morgan fingerprint density at radius 1 is 0.750 bits per heavy atom. The Hall–Kier alpha value is -0.530. The molecular weight excluding hydrogens is 202 g/mol. The number of rotatable bonds is 12. The lowest BCUT2D eigenvalue weighted by Gasteiger charge is -2.01. The first kappa shape index (κ1) is 15.5. The van der Waals surface area contributed by atoms with Crippen LogP contribution in [0.15, 0.2) is 0 Å². The lowest BCUT2D eigenvalue weighted by molar-refractivity contribution is -0.137. The molecule has 0 fully saturated rings. The summed E-state index contributed by atoms with van der Waals surface area (Å²) in [6.07, 6.45) is 14.4. The molecule has 1 N–H and O–H groups in total. The van der Waals surface area contributed by atoms with Crippen molar-refractivity contribution < 1.29 is 9.90 Å². The highest BCUT2D eigenvalue weighted by Gasteiger charge is 1.96. The molecule has 0 aromatic carbocycles. The Bertz CT molecular complexity index is 155. The van der Waals surface area contributed by atoms with Crippen molar-refractivity contribution in [3.63, 3.8) is 0 Å². The van der Waals surface area contributed by atoms with Crippen molar-refractivity contribution in [3.8, 4) is 0 Å². The van der Waals surface area contributed by atoms with Crippen LogP contribution in [0.4, 0.5) is 0 Å². The first-order chi connectivity index (χ1) is 7.77. The van der Waals surface area contributed by atoms with Crippen molar-refractivity contribution in [3.05, 3.63) is 0 Å². The van der Waals surface area contributed by atoms with Gasteiger partial charge in [-0.1, -0.05) is 71.1 Å². The smallest absolute Gasteiger partial charge is 0.303 e. The summed E-state index contributed by atoms with van der Waals surface area (Å²) in [5, 5.41) is 8.46. The highest BCUT2D eigenvalue weighted by Crippen LogP contribution is 2.11. The predicted molar refractivity (Wildman–Crippen MR) is 68.7 cm³/mol. The molecule has 0 aliphatic heterocycles. The van der Waals surface area contributed by atoms with Crippen LogP contribution in [0.3, 0.4) is 0 Å². The highest BCUT2D eigenvalue weighted by atomic mass is 16.5. The quantitative estimate of drug-likeness (QED) is 0.387. The second-order valence-corrected chi connectivity index (χ2v) is 4.68. The van der Waals surface area contributed by atoms with E-state index in [0.29, 0.717) is 6.42 Å². The van der Waals surface area contributed by atoms with Gasteiger partial charge in [0.2, 0.25) is 0 Å². The number of hydrogen-bond donors (Lipinski definition) is 1. The number of carbonyl (C=O) groups is 1. The van der Waals surface area contributed by atoms with Crippen LogP contribution in [-0.2, 0) is 4.79 Å². The van der Waals surface area contributed by atoms with Gasteiger partial charge in [0.15, 0.2) is 0 Å². The van der Waals surface area contributed by atoms with Gasteiger partial charge in [0.1, 0.15) is 0 Å². The van der Waals surface area contributed by atoms with Gasteiger partial charge >= 0.3 is 5.97 Å². The second-order valence-electron chi connectivity index (χ2n) is 4.68. The number of carboxylic acid groups (broad SMARTS) is 1. The summed E-state index contributed by atoms with van der Waals surface area (Å²) >= 11 is 0. The van der Waals surface area contributed by atoms with E-state index in [4.69, 9.17) is 5.11 Å². The minimum atomic E-state index is -0.657. The lowest BCUT2D eigenvalue weighted by Crippen LogP contribution is -1.93. The number of hydrogen-bond acceptors (Lipinski definition) is 1. The third-order valence-corrected chi connectivity index (χ3v) is 2.99. The summed E-state index contributed by atoms with van der Waals surface area (Å²) in [5.41, 5.74) is 0. The van der Waals surface area contributed by atoms with E-state index in [-0.39, 0.29) is 0 Å². The van der Waals surface area contributed by atoms with Crippen LogP contribution in [-0.4, -0.2) is 11.1 Å². The maximum Gasteiger partial charge on any atom is 0.303 e. The SMILES string of the molecule is CCCCCCCCCCCC[13CH2][13C](=O)O. The van der Waals surface area contributed by atoms with Crippen LogP contribution in [0.1, 0.15) is 84.0 Å². The van der Waals surface area contributed by atoms with Crippen LogP contribution in [0, 0.1) is 0 Å². The van der Waals surface area contributed by atoms with E-state index in [1.807, 2.05) is 0 Å². The van der Waals surface area contributed by atoms with E-state index in [1.54, 1.807) is 0 Å². The summed E-state index contributed by atoms with van der Waals surface area (Å²) in [5.74, 6) is -0.657. The molecule has 2 heteroatoms. The van der Waals surface area contributed by atoms with Crippen LogP contribution in [0.2, 0.25) is 0 Å². The Morgan fingerprint density at radius 2 is 1.12 bits per heavy atom. The second kappa shape index (κ2) is 12.5. The molecule has 0 aliphatic carbocycles. The van der Waals surface area contributed by atoms with Gasteiger partial charge < -0.3 is 5.11 Å². The van der Waals surface area contributed by atoms with Crippen LogP contribution in [0.5, 0.6) is 0 Å². The Labute approximate surface area is 100 Å². The predicted octanol–water partition coefficient (Wildman–Crippen LogP) is 4.77. The van der Waals surface area contributed by atoms with Gasteiger partial charge in [0.05, 0.1) is 0 Å². The van der Waals surface area contributed by atoms with Crippen molar-refractivity contribution in [1.82, 2.24) is 0 Å². The van der Waals surface area contributed by atoms with E-state index in [0.717, 1.165) is 12.8 Å². The number of carboxylic acids is 1. The van der Waals surface area contributed by atoms with Crippen LogP contribution >= 0.6 is 0 Å². The normalized spacial score (nSPS) is 10.6. The fourth-order valence-corrected chi connectivity index (χ4v) is 1.94. The zero-order chi connectivity index (χ0) is 12.1. The molecule has 2 nitrogen and oxygen atoms in total. The molecule has 0 spiro atoms. The number of aliphatic carboxylic acids is 1. The molecule has 0 bridgehead atoms. The molecule has 0 heterocycles. The third-order valence-electron chi connectivity index (χ3n) is 2.99. The molecule has 0 radical (unpaired) electrons. The molecule has 0 aliphatic rings.